The van der Waals surface area contributed by atoms with Crippen molar-refractivity contribution < 1.29 is 19.8 Å². The smallest absolute Gasteiger partial charge is 0.320 e. The molecular weight excluding hydrogens is 176 g/mol. The van der Waals surface area contributed by atoms with E-state index in [1.54, 1.807) is 0 Å². The van der Waals surface area contributed by atoms with Gasteiger partial charge in [0.1, 0.15) is 6.04 Å². The molecule has 13 heavy (non-hydrogen) atoms. The maximum atomic E-state index is 10.5. The van der Waals surface area contributed by atoms with Crippen LogP contribution in [0.2, 0.25) is 0 Å². The van der Waals surface area contributed by atoms with Gasteiger partial charge in [-0.3, -0.25) is 9.59 Å². The Bertz CT molecular complexity index is 183. The Morgan fingerprint density at radius 3 is 2.38 bits per heavy atom. The quantitative estimate of drug-likeness (QED) is 0.403. The highest BCUT2D eigenvalue weighted by Gasteiger charge is 2.16. The summed E-state index contributed by atoms with van der Waals surface area (Å²) in [6.45, 7) is 0.702. The summed E-state index contributed by atoms with van der Waals surface area (Å²) in [4.78, 5) is 20.7. The average molecular weight is 190 g/mol. The van der Waals surface area contributed by atoms with Crippen LogP contribution in [0.3, 0.4) is 0 Å². The number of carbonyl (C=O) groups is 2. The van der Waals surface area contributed by atoms with Crippen molar-refractivity contribution in [3.8, 4) is 0 Å². The van der Waals surface area contributed by atoms with E-state index in [0.29, 0.717) is 13.1 Å². The number of carboxylic acid groups (broad SMARTS) is 2. The monoisotopic (exact) mass is 190 g/mol. The van der Waals surface area contributed by atoms with Crippen molar-refractivity contribution in [2.75, 3.05) is 13.1 Å². The van der Waals surface area contributed by atoms with Crippen molar-refractivity contribution >= 4 is 11.9 Å². The summed E-state index contributed by atoms with van der Waals surface area (Å²) < 4.78 is 0. The van der Waals surface area contributed by atoms with Crippen molar-refractivity contribution in [2.45, 2.75) is 18.9 Å². The Hall–Kier alpha value is -1.14. The minimum atomic E-state index is -1.05. The van der Waals surface area contributed by atoms with Crippen LogP contribution in [-0.4, -0.2) is 41.3 Å². The Kier molecular flexibility index (Phi) is 5.82. The molecule has 0 saturated carbocycles. The topological polar surface area (TPSA) is 113 Å². The van der Waals surface area contributed by atoms with Crippen LogP contribution in [0.5, 0.6) is 0 Å². The predicted molar refractivity (Wildman–Crippen MR) is 45.4 cm³/mol. The molecule has 0 radical (unpaired) electrons. The van der Waals surface area contributed by atoms with Crippen molar-refractivity contribution in [3.05, 3.63) is 0 Å². The Morgan fingerprint density at radius 2 is 2.00 bits per heavy atom. The number of nitrogens with two attached hydrogens (primary N) is 1. The van der Waals surface area contributed by atoms with Crippen molar-refractivity contribution in [1.29, 1.82) is 0 Å². The summed E-state index contributed by atoms with van der Waals surface area (Å²) in [5.74, 6) is -2.05. The number of hydrogen-bond donors (Lipinski definition) is 4. The van der Waals surface area contributed by atoms with Crippen LogP contribution in [0, 0.1) is 0 Å². The minimum absolute atomic E-state index is 0.0741. The van der Waals surface area contributed by atoms with Crippen LogP contribution >= 0.6 is 0 Å². The molecule has 0 saturated heterocycles. The number of nitrogens with one attached hydrogen (secondary N) is 1. The fraction of sp³-hybridized carbons (Fsp3) is 0.714. The van der Waals surface area contributed by atoms with E-state index in [1.807, 2.05) is 0 Å². The maximum absolute atomic E-state index is 10.5. The first kappa shape index (κ1) is 11.9. The summed E-state index contributed by atoms with van der Waals surface area (Å²) in [5, 5.41) is 19.6. The van der Waals surface area contributed by atoms with Crippen LogP contribution < -0.4 is 11.1 Å². The SMILES string of the molecule is NCCNC(CCC(=O)O)C(=O)O. The van der Waals surface area contributed by atoms with Crippen LogP contribution in [0.4, 0.5) is 0 Å². The lowest BCUT2D eigenvalue weighted by atomic mass is 10.1. The lowest BCUT2D eigenvalue weighted by Crippen LogP contribution is -2.39. The molecular formula is C7H14N2O4. The van der Waals surface area contributed by atoms with Gasteiger partial charge in [-0.05, 0) is 6.42 Å². The molecule has 1 atom stereocenters. The Labute approximate surface area is 75.7 Å². The predicted octanol–water partition coefficient (Wildman–Crippen LogP) is -1.15. The number of aliphatic carboxylic acids is 2. The van der Waals surface area contributed by atoms with Crippen molar-refractivity contribution in [2.24, 2.45) is 5.73 Å². The second kappa shape index (κ2) is 6.38. The molecule has 0 bridgehead atoms. The van der Waals surface area contributed by atoms with Crippen LogP contribution in [0.1, 0.15) is 12.8 Å². The van der Waals surface area contributed by atoms with E-state index < -0.39 is 18.0 Å². The van der Waals surface area contributed by atoms with Crippen LogP contribution in [0.15, 0.2) is 0 Å². The van der Waals surface area contributed by atoms with Gasteiger partial charge in [0, 0.05) is 19.5 Å². The zero-order valence-corrected chi connectivity index (χ0v) is 7.19. The zero-order chi connectivity index (χ0) is 10.3. The first-order valence-electron chi connectivity index (χ1n) is 3.96. The largest absolute Gasteiger partial charge is 0.481 e. The normalized spacial score (nSPS) is 12.4. The minimum Gasteiger partial charge on any atom is -0.481 e. The molecule has 0 aliphatic carbocycles. The van der Waals surface area contributed by atoms with Crippen molar-refractivity contribution in [1.82, 2.24) is 5.32 Å². The van der Waals surface area contributed by atoms with E-state index in [-0.39, 0.29) is 12.8 Å². The van der Waals surface area contributed by atoms with Gasteiger partial charge in [-0.25, -0.2) is 0 Å². The second-order valence-corrected chi connectivity index (χ2v) is 2.57. The van der Waals surface area contributed by atoms with Gasteiger partial charge in [0.25, 0.3) is 0 Å². The van der Waals surface area contributed by atoms with E-state index in [4.69, 9.17) is 15.9 Å². The number of carboxylic acids is 2. The molecule has 0 aromatic carbocycles. The van der Waals surface area contributed by atoms with E-state index >= 15 is 0 Å². The molecule has 6 nitrogen and oxygen atoms in total. The molecule has 0 amide bonds. The van der Waals surface area contributed by atoms with Gasteiger partial charge in [-0.1, -0.05) is 0 Å². The molecule has 1 unspecified atom stereocenters. The molecule has 0 aromatic rings. The third-order valence-electron chi connectivity index (χ3n) is 1.48. The molecule has 5 N–H and O–H groups in total. The molecule has 0 aliphatic heterocycles. The van der Waals surface area contributed by atoms with Gasteiger partial charge >= 0.3 is 11.9 Å². The molecule has 6 heteroatoms. The average Bonchev–Trinajstić information content (AvgIpc) is 2.03. The number of hydrogen-bond acceptors (Lipinski definition) is 4. The van der Waals surface area contributed by atoms with E-state index in [0.717, 1.165) is 0 Å². The molecule has 0 rings (SSSR count). The summed E-state index contributed by atoms with van der Waals surface area (Å²) in [7, 11) is 0. The first-order chi connectivity index (χ1) is 6.07. The van der Waals surface area contributed by atoms with Gasteiger partial charge < -0.3 is 21.3 Å². The molecule has 0 aliphatic rings. The Balaban J connectivity index is 3.80. The van der Waals surface area contributed by atoms with Crippen molar-refractivity contribution in [3.63, 3.8) is 0 Å². The van der Waals surface area contributed by atoms with E-state index in [9.17, 15) is 9.59 Å². The van der Waals surface area contributed by atoms with Crippen LogP contribution in [-0.2, 0) is 9.59 Å². The highest BCUT2D eigenvalue weighted by Crippen LogP contribution is 1.97. The van der Waals surface area contributed by atoms with Gasteiger partial charge in [0.2, 0.25) is 0 Å². The first-order valence-corrected chi connectivity index (χ1v) is 3.96. The summed E-state index contributed by atoms with van der Waals surface area (Å²) in [5.41, 5.74) is 5.16. The van der Waals surface area contributed by atoms with Gasteiger partial charge in [0.05, 0.1) is 0 Å². The third-order valence-corrected chi connectivity index (χ3v) is 1.48. The molecule has 0 aromatic heterocycles. The van der Waals surface area contributed by atoms with E-state index in [1.165, 1.54) is 0 Å². The molecule has 0 heterocycles. The fourth-order valence-corrected chi connectivity index (χ4v) is 0.838. The van der Waals surface area contributed by atoms with Gasteiger partial charge in [-0.15, -0.1) is 0 Å². The lowest BCUT2D eigenvalue weighted by Gasteiger charge is -2.11. The summed E-state index contributed by atoms with van der Waals surface area (Å²) in [6, 6.07) is -0.820. The molecule has 76 valence electrons. The second-order valence-electron chi connectivity index (χ2n) is 2.57. The van der Waals surface area contributed by atoms with Gasteiger partial charge in [0.15, 0.2) is 0 Å². The molecule has 0 spiro atoms. The third kappa shape index (κ3) is 6.06. The lowest BCUT2D eigenvalue weighted by molar-refractivity contribution is -0.140. The van der Waals surface area contributed by atoms with Gasteiger partial charge in [-0.2, -0.15) is 0 Å². The summed E-state index contributed by atoms with van der Waals surface area (Å²) >= 11 is 0. The zero-order valence-electron chi connectivity index (χ0n) is 7.19. The molecule has 0 fully saturated rings. The number of rotatable bonds is 7. The summed E-state index contributed by atoms with van der Waals surface area (Å²) in [6.07, 6.45) is -0.0841. The van der Waals surface area contributed by atoms with Crippen LogP contribution in [0.25, 0.3) is 0 Å². The highest BCUT2D eigenvalue weighted by atomic mass is 16.4. The maximum Gasteiger partial charge on any atom is 0.320 e. The standard InChI is InChI=1S/C7H14N2O4/c8-3-4-9-5(7(12)13)1-2-6(10)11/h5,9H,1-4,8H2,(H,10,11)(H,12,13). The fourth-order valence-electron chi connectivity index (χ4n) is 0.838. The highest BCUT2D eigenvalue weighted by molar-refractivity contribution is 5.75. The van der Waals surface area contributed by atoms with E-state index in [2.05, 4.69) is 5.32 Å². The Morgan fingerprint density at radius 1 is 1.38 bits per heavy atom.